The monoisotopic (exact) mass is 271 g/mol. The van der Waals surface area contributed by atoms with Crippen LogP contribution in [-0.2, 0) is 4.74 Å². The average molecular weight is 272 g/mol. The van der Waals surface area contributed by atoms with Crippen LogP contribution >= 0.6 is 15.9 Å². The van der Waals surface area contributed by atoms with Gasteiger partial charge in [0.05, 0.1) is 17.7 Å². The van der Waals surface area contributed by atoms with Gasteiger partial charge in [-0.25, -0.2) is 4.98 Å². The SMILES string of the molecule is Cc1ccnc(OCC2CCOC2)c1Br. The average Bonchev–Trinajstić information content (AvgIpc) is 2.73. The maximum Gasteiger partial charge on any atom is 0.228 e. The maximum atomic E-state index is 5.66. The summed E-state index contributed by atoms with van der Waals surface area (Å²) in [6, 6.07) is 1.95. The molecule has 1 aliphatic heterocycles. The van der Waals surface area contributed by atoms with Crippen LogP contribution < -0.4 is 4.74 Å². The molecule has 0 bridgehead atoms. The molecule has 0 spiro atoms. The van der Waals surface area contributed by atoms with E-state index in [9.17, 15) is 0 Å². The number of halogens is 1. The summed E-state index contributed by atoms with van der Waals surface area (Å²) >= 11 is 3.47. The lowest BCUT2D eigenvalue weighted by Crippen LogP contribution is -2.12. The van der Waals surface area contributed by atoms with E-state index in [1.54, 1.807) is 6.20 Å². The summed E-state index contributed by atoms with van der Waals surface area (Å²) in [4.78, 5) is 4.19. The number of hydrogen-bond donors (Lipinski definition) is 0. The highest BCUT2D eigenvalue weighted by Crippen LogP contribution is 2.26. The van der Waals surface area contributed by atoms with Gasteiger partial charge in [0.2, 0.25) is 5.88 Å². The van der Waals surface area contributed by atoms with Crippen LogP contribution in [0.15, 0.2) is 16.7 Å². The van der Waals surface area contributed by atoms with Crippen LogP contribution in [0.1, 0.15) is 12.0 Å². The van der Waals surface area contributed by atoms with Gasteiger partial charge in [0, 0.05) is 18.7 Å². The summed E-state index contributed by atoms with van der Waals surface area (Å²) in [6.45, 7) is 4.38. The first kappa shape index (κ1) is 10.9. The van der Waals surface area contributed by atoms with Crippen molar-refractivity contribution in [2.45, 2.75) is 13.3 Å². The van der Waals surface area contributed by atoms with Crippen molar-refractivity contribution in [3.8, 4) is 5.88 Å². The van der Waals surface area contributed by atoms with Gasteiger partial charge in [-0.15, -0.1) is 0 Å². The molecule has 0 radical (unpaired) electrons. The number of hydrogen-bond acceptors (Lipinski definition) is 3. The summed E-state index contributed by atoms with van der Waals surface area (Å²) in [7, 11) is 0. The molecule has 1 unspecified atom stereocenters. The van der Waals surface area contributed by atoms with Crippen molar-refractivity contribution in [1.29, 1.82) is 0 Å². The smallest absolute Gasteiger partial charge is 0.228 e. The van der Waals surface area contributed by atoms with E-state index < -0.39 is 0 Å². The molecule has 1 aliphatic rings. The van der Waals surface area contributed by atoms with Crippen molar-refractivity contribution in [2.24, 2.45) is 5.92 Å². The summed E-state index contributed by atoms with van der Waals surface area (Å²) < 4.78 is 11.9. The fourth-order valence-electron chi connectivity index (χ4n) is 1.53. The molecule has 0 aromatic carbocycles. The molecule has 1 aromatic heterocycles. The quantitative estimate of drug-likeness (QED) is 0.847. The Labute approximate surface area is 97.9 Å². The Balaban J connectivity index is 1.95. The van der Waals surface area contributed by atoms with Crippen LogP contribution in [-0.4, -0.2) is 24.8 Å². The van der Waals surface area contributed by atoms with Crippen LogP contribution in [0.5, 0.6) is 5.88 Å². The Morgan fingerprint density at radius 2 is 2.53 bits per heavy atom. The molecule has 0 saturated carbocycles. The third kappa shape index (κ3) is 2.69. The van der Waals surface area contributed by atoms with E-state index >= 15 is 0 Å². The van der Waals surface area contributed by atoms with E-state index in [1.165, 1.54) is 0 Å². The Morgan fingerprint density at radius 3 is 3.27 bits per heavy atom. The molecule has 2 heterocycles. The van der Waals surface area contributed by atoms with Crippen molar-refractivity contribution in [2.75, 3.05) is 19.8 Å². The fraction of sp³-hybridized carbons (Fsp3) is 0.545. The van der Waals surface area contributed by atoms with Crippen molar-refractivity contribution in [3.05, 3.63) is 22.3 Å². The van der Waals surface area contributed by atoms with Gasteiger partial charge in [-0.1, -0.05) is 0 Å². The lowest BCUT2D eigenvalue weighted by atomic mass is 10.1. The van der Waals surface area contributed by atoms with Crippen molar-refractivity contribution in [3.63, 3.8) is 0 Å². The van der Waals surface area contributed by atoms with Gasteiger partial charge in [0.25, 0.3) is 0 Å². The second-order valence-corrected chi connectivity index (χ2v) is 4.58. The van der Waals surface area contributed by atoms with Gasteiger partial charge < -0.3 is 9.47 Å². The van der Waals surface area contributed by atoms with Crippen molar-refractivity contribution >= 4 is 15.9 Å². The van der Waals surface area contributed by atoms with Gasteiger partial charge in [0.15, 0.2) is 0 Å². The first-order valence-corrected chi connectivity index (χ1v) is 5.88. The van der Waals surface area contributed by atoms with Crippen LogP contribution in [0.3, 0.4) is 0 Å². The molecular weight excluding hydrogens is 258 g/mol. The van der Waals surface area contributed by atoms with E-state index in [2.05, 4.69) is 20.9 Å². The molecule has 0 aliphatic carbocycles. The minimum atomic E-state index is 0.513. The molecule has 4 heteroatoms. The third-order valence-electron chi connectivity index (χ3n) is 2.53. The lowest BCUT2D eigenvalue weighted by molar-refractivity contribution is 0.165. The van der Waals surface area contributed by atoms with Crippen LogP contribution in [0.4, 0.5) is 0 Å². The van der Waals surface area contributed by atoms with Crippen LogP contribution in [0, 0.1) is 12.8 Å². The molecular formula is C11H14BrNO2. The van der Waals surface area contributed by atoms with Crippen molar-refractivity contribution < 1.29 is 9.47 Å². The predicted octanol–water partition coefficient (Wildman–Crippen LogP) is 2.57. The van der Waals surface area contributed by atoms with Crippen molar-refractivity contribution in [1.82, 2.24) is 4.98 Å². The molecule has 1 aromatic rings. The molecule has 2 rings (SSSR count). The molecule has 1 saturated heterocycles. The fourth-order valence-corrected chi connectivity index (χ4v) is 1.88. The molecule has 1 fully saturated rings. The zero-order chi connectivity index (χ0) is 10.7. The highest BCUT2D eigenvalue weighted by Gasteiger charge is 2.17. The van der Waals surface area contributed by atoms with Crippen LogP contribution in [0.2, 0.25) is 0 Å². The van der Waals surface area contributed by atoms with E-state index in [-0.39, 0.29) is 0 Å². The lowest BCUT2D eigenvalue weighted by Gasteiger charge is -2.11. The highest BCUT2D eigenvalue weighted by molar-refractivity contribution is 9.10. The molecule has 82 valence electrons. The Kier molecular flexibility index (Phi) is 3.59. The van der Waals surface area contributed by atoms with Gasteiger partial charge in [-0.2, -0.15) is 0 Å². The number of nitrogens with zero attached hydrogens (tertiary/aromatic N) is 1. The van der Waals surface area contributed by atoms with E-state index in [1.807, 2.05) is 13.0 Å². The van der Waals surface area contributed by atoms with Crippen LogP contribution in [0.25, 0.3) is 0 Å². The number of pyridine rings is 1. The Bertz CT molecular complexity index is 337. The third-order valence-corrected chi connectivity index (χ3v) is 3.49. The Hall–Kier alpha value is -0.610. The second-order valence-electron chi connectivity index (χ2n) is 3.79. The maximum absolute atomic E-state index is 5.66. The van der Waals surface area contributed by atoms with Gasteiger partial charge in [-0.3, -0.25) is 0 Å². The zero-order valence-electron chi connectivity index (χ0n) is 8.70. The van der Waals surface area contributed by atoms with E-state index in [0.29, 0.717) is 18.4 Å². The molecule has 3 nitrogen and oxygen atoms in total. The standard InChI is InChI=1S/C11H14BrNO2/c1-8-2-4-13-11(10(8)12)15-7-9-3-5-14-6-9/h2,4,9H,3,5-7H2,1H3. The zero-order valence-corrected chi connectivity index (χ0v) is 10.3. The molecule has 15 heavy (non-hydrogen) atoms. The highest BCUT2D eigenvalue weighted by atomic mass is 79.9. The first-order valence-electron chi connectivity index (χ1n) is 5.09. The number of aryl methyl sites for hydroxylation is 1. The van der Waals surface area contributed by atoms with E-state index in [4.69, 9.17) is 9.47 Å². The minimum Gasteiger partial charge on any atom is -0.476 e. The summed E-state index contributed by atoms with van der Waals surface area (Å²) in [5.41, 5.74) is 1.14. The Morgan fingerprint density at radius 1 is 1.67 bits per heavy atom. The minimum absolute atomic E-state index is 0.513. The van der Waals surface area contributed by atoms with Gasteiger partial charge in [-0.05, 0) is 40.9 Å². The second kappa shape index (κ2) is 4.94. The largest absolute Gasteiger partial charge is 0.476 e. The number of aromatic nitrogens is 1. The normalized spacial score (nSPS) is 20.5. The topological polar surface area (TPSA) is 31.4 Å². The molecule has 0 N–H and O–H groups in total. The summed E-state index contributed by atoms with van der Waals surface area (Å²) in [6.07, 6.45) is 2.85. The molecule has 0 amide bonds. The van der Waals surface area contributed by atoms with E-state index in [0.717, 1.165) is 29.7 Å². The summed E-state index contributed by atoms with van der Waals surface area (Å²) in [5.74, 6) is 1.20. The summed E-state index contributed by atoms with van der Waals surface area (Å²) in [5, 5.41) is 0. The van der Waals surface area contributed by atoms with Gasteiger partial charge >= 0.3 is 0 Å². The molecule has 1 atom stereocenters. The van der Waals surface area contributed by atoms with Gasteiger partial charge in [0.1, 0.15) is 0 Å². The number of rotatable bonds is 3. The first-order chi connectivity index (χ1) is 7.27. The predicted molar refractivity (Wildman–Crippen MR) is 61.1 cm³/mol. The number of ether oxygens (including phenoxy) is 2.